The summed E-state index contributed by atoms with van der Waals surface area (Å²) in [5, 5.41) is 0. The van der Waals surface area contributed by atoms with Gasteiger partial charge in [0.05, 0.1) is 6.26 Å². The summed E-state index contributed by atoms with van der Waals surface area (Å²) in [6, 6.07) is 0. The van der Waals surface area contributed by atoms with Crippen LogP contribution in [0.25, 0.3) is 0 Å². The summed E-state index contributed by atoms with van der Waals surface area (Å²) in [5.41, 5.74) is 2.62. The number of hydrogen-bond donors (Lipinski definition) is 0. The molecule has 0 unspecified atom stereocenters. The molecule has 0 aromatic rings. The maximum Gasteiger partial charge on any atom is 0.211 e. The number of sulfonamides is 1. The normalized spacial score (nSPS) is 23.3. The number of rotatable bonds is 2. The van der Waals surface area contributed by atoms with E-state index in [9.17, 15) is 8.42 Å². The summed E-state index contributed by atoms with van der Waals surface area (Å²) in [6.45, 7) is 4.93. The van der Waals surface area contributed by atoms with Crippen molar-refractivity contribution < 1.29 is 8.42 Å². The van der Waals surface area contributed by atoms with E-state index in [0.717, 1.165) is 25.9 Å². The number of piperazine rings is 1. The molecule has 5 heteroatoms. The van der Waals surface area contributed by atoms with Gasteiger partial charge in [-0.2, -0.15) is 4.31 Å². The van der Waals surface area contributed by atoms with Gasteiger partial charge in [-0.05, 0) is 25.3 Å². The number of allylic oxidation sites excluding steroid dienone is 3. The molecule has 96 valence electrons. The van der Waals surface area contributed by atoms with Crippen molar-refractivity contribution in [3.05, 3.63) is 23.4 Å². The average Bonchev–Trinajstić information content (AvgIpc) is 2.29. The molecule has 1 fully saturated rings. The molecule has 2 rings (SSSR count). The first-order chi connectivity index (χ1) is 7.98. The highest BCUT2D eigenvalue weighted by atomic mass is 32.2. The zero-order chi connectivity index (χ0) is 12.5. The molecular formula is C12H20N2O2S. The summed E-state index contributed by atoms with van der Waals surface area (Å²) in [5.74, 6) is 0. The third-order valence-electron chi connectivity index (χ3n) is 3.41. The van der Waals surface area contributed by atoms with E-state index < -0.39 is 10.0 Å². The van der Waals surface area contributed by atoms with Crippen molar-refractivity contribution in [3.8, 4) is 0 Å². The molecule has 0 aromatic heterocycles. The minimum Gasteiger partial charge on any atom is -0.369 e. The molecule has 17 heavy (non-hydrogen) atoms. The quantitative estimate of drug-likeness (QED) is 0.745. The molecular weight excluding hydrogens is 236 g/mol. The van der Waals surface area contributed by atoms with Crippen LogP contribution in [0.5, 0.6) is 0 Å². The highest BCUT2D eigenvalue weighted by molar-refractivity contribution is 7.88. The predicted octanol–water partition coefficient (Wildman–Crippen LogP) is 1.19. The standard InChI is InChI=1S/C12H20N2O2S/c1-11-5-3-4-6-12(11)13-7-9-14(10-8-13)17(2,15)16/h5-6H,3-4,7-10H2,1-2H3. The van der Waals surface area contributed by atoms with Crippen molar-refractivity contribution in [2.24, 2.45) is 0 Å². The van der Waals surface area contributed by atoms with E-state index in [0.29, 0.717) is 13.1 Å². The van der Waals surface area contributed by atoms with E-state index >= 15 is 0 Å². The first-order valence-electron chi connectivity index (χ1n) is 6.06. The topological polar surface area (TPSA) is 40.6 Å². The van der Waals surface area contributed by atoms with Gasteiger partial charge >= 0.3 is 0 Å². The van der Waals surface area contributed by atoms with E-state index in [1.807, 2.05) is 0 Å². The smallest absolute Gasteiger partial charge is 0.211 e. The molecule has 4 nitrogen and oxygen atoms in total. The third kappa shape index (κ3) is 2.90. The maximum absolute atomic E-state index is 11.4. The molecule has 0 N–H and O–H groups in total. The van der Waals surface area contributed by atoms with E-state index in [4.69, 9.17) is 0 Å². The van der Waals surface area contributed by atoms with Crippen molar-refractivity contribution in [2.45, 2.75) is 19.8 Å². The molecule has 1 aliphatic heterocycles. The second-order valence-electron chi connectivity index (χ2n) is 4.70. The number of nitrogens with zero attached hydrogens (tertiary/aromatic N) is 2. The molecule has 0 radical (unpaired) electrons. The second kappa shape index (κ2) is 4.82. The van der Waals surface area contributed by atoms with Gasteiger partial charge in [-0.25, -0.2) is 8.42 Å². The minimum atomic E-state index is -3.02. The fourth-order valence-electron chi connectivity index (χ4n) is 2.42. The zero-order valence-corrected chi connectivity index (χ0v) is 11.3. The van der Waals surface area contributed by atoms with Crippen molar-refractivity contribution in [2.75, 3.05) is 32.4 Å². The van der Waals surface area contributed by atoms with E-state index in [-0.39, 0.29) is 0 Å². The van der Waals surface area contributed by atoms with Crippen LogP contribution in [0.15, 0.2) is 23.4 Å². The van der Waals surface area contributed by atoms with Crippen LogP contribution in [-0.4, -0.2) is 50.1 Å². The first-order valence-corrected chi connectivity index (χ1v) is 7.90. The Bertz CT molecular complexity index is 443. The highest BCUT2D eigenvalue weighted by Gasteiger charge is 2.25. The van der Waals surface area contributed by atoms with Crippen molar-refractivity contribution in [3.63, 3.8) is 0 Å². The van der Waals surface area contributed by atoms with Crippen molar-refractivity contribution >= 4 is 10.0 Å². The van der Waals surface area contributed by atoms with Crippen molar-refractivity contribution in [1.29, 1.82) is 0 Å². The summed E-state index contributed by atoms with van der Waals surface area (Å²) < 4.78 is 24.4. The average molecular weight is 256 g/mol. The van der Waals surface area contributed by atoms with Crippen LogP contribution in [0.1, 0.15) is 19.8 Å². The minimum absolute atomic E-state index is 0.601. The predicted molar refractivity (Wildman–Crippen MR) is 69.1 cm³/mol. The van der Waals surface area contributed by atoms with Gasteiger partial charge < -0.3 is 4.90 Å². The van der Waals surface area contributed by atoms with E-state index in [2.05, 4.69) is 24.0 Å². The first kappa shape index (κ1) is 12.6. The van der Waals surface area contributed by atoms with Crippen LogP contribution in [0.3, 0.4) is 0 Å². The second-order valence-corrected chi connectivity index (χ2v) is 6.69. The Morgan fingerprint density at radius 2 is 1.65 bits per heavy atom. The van der Waals surface area contributed by atoms with Crippen LogP contribution in [0, 0.1) is 0 Å². The fourth-order valence-corrected chi connectivity index (χ4v) is 3.25. The van der Waals surface area contributed by atoms with Gasteiger partial charge in [0.1, 0.15) is 0 Å². The van der Waals surface area contributed by atoms with Gasteiger partial charge in [0.25, 0.3) is 0 Å². The molecule has 2 aliphatic rings. The van der Waals surface area contributed by atoms with Gasteiger partial charge in [-0.15, -0.1) is 0 Å². The van der Waals surface area contributed by atoms with Gasteiger partial charge in [0, 0.05) is 31.9 Å². The summed E-state index contributed by atoms with van der Waals surface area (Å²) >= 11 is 0. The molecule has 1 saturated heterocycles. The summed E-state index contributed by atoms with van der Waals surface area (Å²) in [4.78, 5) is 2.30. The molecule has 0 bridgehead atoms. The molecule has 0 aromatic carbocycles. The van der Waals surface area contributed by atoms with Crippen LogP contribution in [0.4, 0.5) is 0 Å². The molecule has 0 amide bonds. The Hall–Kier alpha value is -0.810. The summed E-state index contributed by atoms with van der Waals surface area (Å²) in [7, 11) is -3.02. The fraction of sp³-hybridized carbons (Fsp3) is 0.667. The van der Waals surface area contributed by atoms with Crippen molar-refractivity contribution in [1.82, 2.24) is 9.21 Å². The Balaban J connectivity index is 2.00. The van der Waals surface area contributed by atoms with Crippen LogP contribution in [0.2, 0.25) is 0 Å². The van der Waals surface area contributed by atoms with Gasteiger partial charge in [0.2, 0.25) is 10.0 Å². The molecule has 1 aliphatic carbocycles. The maximum atomic E-state index is 11.4. The lowest BCUT2D eigenvalue weighted by Crippen LogP contribution is -2.48. The van der Waals surface area contributed by atoms with E-state index in [1.54, 1.807) is 4.31 Å². The van der Waals surface area contributed by atoms with Crippen LogP contribution in [-0.2, 0) is 10.0 Å². The largest absolute Gasteiger partial charge is 0.369 e. The molecule has 0 saturated carbocycles. The monoisotopic (exact) mass is 256 g/mol. The lowest BCUT2D eigenvalue weighted by Gasteiger charge is -2.37. The van der Waals surface area contributed by atoms with Crippen LogP contribution >= 0.6 is 0 Å². The zero-order valence-electron chi connectivity index (χ0n) is 10.5. The lowest BCUT2D eigenvalue weighted by molar-refractivity contribution is 0.231. The Labute approximate surface area is 104 Å². The SMILES string of the molecule is CC1=CCCC=C1N1CCN(S(C)(=O)=O)CC1. The molecule has 0 atom stereocenters. The highest BCUT2D eigenvalue weighted by Crippen LogP contribution is 2.23. The summed E-state index contributed by atoms with van der Waals surface area (Å²) in [6.07, 6.45) is 8.04. The lowest BCUT2D eigenvalue weighted by atomic mass is 10.0. The third-order valence-corrected chi connectivity index (χ3v) is 4.71. The van der Waals surface area contributed by atoms with Crippen LogP contribution < -0.4 is 0 Å². The Kier molecular flexibility index (Phi) is 3.58. The van der Waals surface area contributed by atoms with Gasteiger partial charge in [-0.3, -0.25) is 0 Å². The Morgan fingerprint density at radius 3 is 2.18 bits per heavy atom. The Morgan fingerprint density at radius 1 is 1.06 bits per heavy atom. The van der Waals surface area contributed by atoms with Gasteiger partial charge in [-0.1, -0.05) is 12.2 Å². The number of hydrogen-bond acceptors (Lipinski definition) is 3. The molecule has 1 heterocycles. The van der Waals surface area contributed by atoms with Gasteiger partial charge in [0.15, 0.2) is 0 Å². The van der Waals surface area contributed by atoms with E-state index in [1.165, 1.54) is 17.5 Å². The molecule has 0 spiro atoms.